The third-order valence-corrected chi connectivity index (χ3v) is 8.00. The molecule has 3 rings (SSSR count). The summed E-state index contributed by atoms with van der Waals surface area (Å²) < 4.78 is 18.5. The summed E-state index contributed by atoms with van der Waals surface area (Å²) in [5.74, 6) is -0.404. The molecule has 166 valence electrons. The third-order valence-electron chi connectivity index (χ3n) is 4.45. The molecule has 2 aliphatic rings. The summed E-state index contributed by atoms with van der Waals surface area (Å²) in [6.07, 6.45) is 5.09. The number of aliphatic carboxylic acids is 1. The molecule has 2 N–H and O–H groups in total. The minimum absolute atomic E-state index is 0.0976. The average molecular weight is 487 g/mol. The van der Waals surface area contributed by atoms with Crippen molar-refractivity contribution >= 4 is 52.5 Å². The lowest BCUT2D eigenvalue weighted by Gasteiger charge is -2.55. The van der Waals surface area contributed by atoms with Gasteiger partial charge in [0.2, 0.25) is 5.16 Å². The second-order valence-corrected chi connectivity index (χ2v) is 9.86. The number of hydrogen-bond acceptors (Lipinski definition) is 10. The first-order chi connectivity index (χ1) is 14.7. The van der Waals surface area contributed by atoms with Gasteiger partial charge in [0.1, 0.15) is 11.1 Å². The number of nitrogens with zero attached hydrogens (tertiary/aromatic N) is 5. The number of thioether (sulfide) groups is 2. The number of carboxylic acids is 1. The van der Waals surface area contributed by atoms with E-state index < -0.39 is 45.8 Å². The van der Waals surface area contributed by atoms with Crippen LogP contribution in [-0.4, -0.2) is 93.8 Å². The van der Waals surface area contributed by atoms with E-state index in [1.54, 1.807) is 7.05 Å². The number of ether oxygens (including phenoxy) is 1. The van der Waals surface area contributed by atoms with Crippen LogP contribution in [0.4, 0.5) is 0 Å². The molecule has 12 nitrogen and oxygen atoms in total. The van der Waals surface area contributed by atoms with Crippen LogP contribution in [0.25, 0.3) is 0 Å². The van der Waals surface area contributed by atoms with Crippen LogP contribution >= 0.6 is 23.5 Å². The van der Waals surface area contributed by atoms with Gasteiger partial charge < -0.3 is 19.7 Å². The number of tetrazole rings is 1. The average Bonchev–Trinajstić information content (AvgIpc) is 3.14. The number of amides is 2. The molecule has 1 saturated heterocycles. The topological polar surface area (TPSA) is 163 Å². The molecule has 0 saturated carbocycles. The summed E-state index contributed by atoms with van der Waals surface area (Å²) in [6.45, 7) is 0. The Kier molecular flexibility index (Phi) is 7.17. The molecule has 2 aliphatic heterocycles. The predicted octanol–water partition coefficient (Wildman–Crippen LogP) is -1.60. The molecular weight excluding hydrogens is 468 g/mol. The van der Waals surface area contributed by atoms with Crippen molar-refractivity contribution in [1.82, 2.24) is 30.4 Å². The van der Waals surface area contributed by atoms with E-state index in [0.717, 1.165) is 4.90 Å². The normalized spacial score (nSPS) is 23.6. The van der Waals surface area contributed by atoms with E-state index in [4.69, 9.17) is 11.2 Å². The van der Waals surface area contributed by atoms with Crippen LogP contribution in [0.15, 0.2) is 16.4 Å². The first-order valence-corrected chi connectivity index (χ1v) is 12.2. The fraction of sp³-hybridized carbons (Fsp3) is 0.500. The summed E-state index contributed by atoms with van der Waals surface area (Å²) in [5, 5.41) is 23.0. The molecule has 0 aliphatic carbocycles. The number of aromatic nitrogens is 4. The number of rotatable bonds is 9. The zero-order chi connectivity index (χ0) is 22.8. The molecular formula is C16H18N6O6S3. The highest BCUT2D eigenvalue weighted by Crippen LogP contribution is 2.47. The summed E-state index contributed by atoms with van der Waals surface area (Å²) in [4.78, 5) is 38.3. The molecule has 3 heterocycles. The lowest BCUT2D eigenvalue weighted by Crippen LogP contribution is -2.81. The molecule has 15 heteroatoms. The van der Waals surface area contributed by atoms with Gasteiger partial charge in [0, 0.05) is 25.7 Å². The Hall–Kier alpha value is -2.25. The van der Waals surface area contributed by atoms with E-state index in [2.05, 4.69) is 26.8 Å². The maximum Gasteiger partial charge on any atom is 0.352 e. The molecule has 1 aromatic rings. The zero-order valence-corrected chi connectivity index (χ0v) is 18.9. The lowest BCUT2D eigenvalue weighted by molar-refractivity contribution is -0.192. The van der Waals surface area contributed by atoms with Crippen molar-refractivity contribution in [1.29, 1.82) is 0 Å². The number of terminal acetylenes is 1. The van der Waals surface area contributed by atoms with Crippen molar-refractivity contribution in [2.75, 3.05) is 30.1 Å². The van der Waals surface area contributed by atoms with Gasteiger partial charge in [0.25, 0.3) is 17.5 Å². The Morgan fingerprint density at radius 2 is 2.32 bits per heavy atom. The van der Waals surface area contributed by atoms with Crippen molar-refractivity contribution in [2.45, 2.75) is 16.3 Å². The fourth-order valence-corrected chi connectivity index (χ4v) is 6.16. The van der Waals surface area contributed by atoms with E-state index >= 15 is 0 Å². The Balaban J connectivity index is 1.78. The first kappa shape index (κ1) is 23.4. The number of fused-ring (bicyclic) bond motifs is 1. The van der Waals surface area contributed by atoms with Crippen molar-refractivity contribution < 1.29 is 28.8 Å². The van der Waals surface area contributed by atoms with Gasteiger partial charge in [-0.2, -0.15) is 0 Å². The van der Waals surface area contributed by atoms with Gasteiger partial charge >= 0.3 is 5.97 Å². The largest absolute Gasteiger partial charge is 0.615 e. The second kappa shape index (κ2) is 9.49. The van der Waals surface area contributed by atoms with Crippen LogP contribution in [0.2, 0.25) is 0 Å². The summed E-state index contributed by atoms with van der Waals surface area (Å²) in [7, 11) is 2.90. The van der Waals surface area contributed by atoms with Crippen molar-refractivity contribution in [2.24, 2.45) is 7.05 Å². The highest BCUT2D eigenvalue weighted by Gasteiger charge is 2.66. The van der Waals surface area contributed by atoms with E-state index in [-0.39, 0.29) is 17.2 Å². The third kappa shape index (κ3) is 4.39. The van der Waals surface area contributed by atoms with Crippen LogP contribution in [0.3, 0.4) is 0 Å². The molecule has 1 fully saturated rings. The van der Waals surface area contributed by atoms with Crippen molar-refractivity contribution in [3.63, 3.8) is 0 Å². The highest BCUT2D eigenvalue weighted by molar-refractivity contribution is 8.01. The summed E-state index contributed by atoms with van der Waals surface area (Å²) >= 11 is 0.910. The van der Waals surface area contributed by atoms with E-state index in [1.807, 2.05) is 0 Å². The molecule has 3 atom stereocenters. The molecule has 0 aromatic carbocycles. The zero-order valence-electron chi connectivity index (χ0n) is 16.4. The quantitative estimate of drug-likeness (QED) is 0.136. The van der Waals surface area contributed by atoms with Gasteiger partial charge in [-0.05, 0) is 27.2 Å². The van der Waals surface area contributed by atoms with E-state index in [9.17, 15) is 24.0 Å². The summed E-state index contributed by atoms with van der Waals surface area (Å²) in [6, 6.07) is 0. The second-order valence-electron chi connectivity index (χ2n) is 6.39. The Morgan fingerprint density at radius 1 is 1.58 bits per heavy atom. The highest BCUT2D eigenvalue weighted by atomic mass is 32.2. The Labute approximate surface area is 188 Å². The SMILES string of the molecule is C#CC[S+]([O-])CC(=O)N[C@]1(OC)C(=O)N2C(C(=O)O)=C(CSc3nnnn3C)CS[C@H]21. The molecule has 31 heavy (non-hydrogen) atoms. The predicted molar refractivity (Wildman–Crippen MR) is 112 cm³/mol. The number of methoxy groups -OCH3 is 1. The number of nitrogens with one attached hydrogen (secondary N) is 1. The standard InChI is InChI=1S/C16H18N6O6S3/c1-4-5-31(27)8-10(23)17-16(28-3)13(26)22-11(12(24)25)9(6-29-14(16)22)7-30-15-18-19-20-21(15)2/h1,14H,5-8H2,2-3H3,(H,17,23)(H,24,25)/t14-,16-,31?/m0/s1. The van der Waals surface area contributed by atoms with Crippen LogP contribution in [0.1, 0.15) is 0 Å². The molecule has 0 bridgehead atoms. The monoisotopic (exact) mass is 486 g/mol. The van der Waals surface area contributed by atoms with Crippen LogP contribution in [-0.2, 0) is 37.3 Å². The van der Waals surface area contributed by atoms with Crippen molar-refractivity contribution in [3.8, 4) is 12.3 Å². The van der Waals surface area contributed by atoms with Crippen molar-refractivity contribution in [3.05, 3.63) is 11.3 Å². The molecule has 0 radical (unpaired) electrons. The minimum Gasteiger partial charge on any atom is -0.615 e. The van der Waals surface area contributed by atoms with Crippen LogP contribution < -0.4 is 5.32 Å². The van der Waals surface area contributed by atoms with Gasteiger partial charge in [-0.3, -0.25) is 14.5 Å². The maximum atomic E-state index is 13.0. The Morgan fingerprint density at radius 3 is 2.90 bits per heavy atom. The van der Waals surface area contributed by atoms with Gasteiger partial charge in [0.15, 0.2) is 11.5 Å². The number of hydrogen-bond donors (Lipinski definition) is 2. The van der Waals surface area contributed by atoms with E-state index in [0.29, 0.717) is 16.5 Å². The number of aryl methyl sites for hydroxylation is 1. The fourth-order valence-electron chi connectivity index (χ4n) is 3.08. The summed E-state index contributed by atoms with van der Waals surface area (Å²) in [5.41, 5.74) is -1.38. The molecule has 1 unspecified atom stereocenters. The van der Waals surface area contributed by atoms with Gasteiger partial charge in [-0.25, -0.2) is 9.48 Å². The molecule has 2 amide bonds. The van der Waals surface area contributed by atoms with Crippen LogP contribution in [0.5, 0.6) is 0 Å². The number of carboxylic acid groups (broad SMARTS) is 1. The number of carbonyl (C=O) groups is 3. The lowest BCUT2D eigenvalue weighted by atomic mass is 9.98. The van der Waals surface area contributed by atoms with Gasteiger partial charge in [-0.1, -0.05) is 17.7 Å². The van der Waals surface area contributed by atoms with Crippen LogP contribution in [0, 0.1) is 12.3 Å². The Bertz CT molecular complexity index is 977. The first-order valence-electron chi connectivity index (χ1n) is 8.65. The maximum absolute atomic E-state index is 13.0. The number of carbonyl (C=O) groups excluding carboxylic acids is 2. The van der Waals surface area contributed by atoms with Gasteiger partial charge in [0.05, 0.1) is 0 Å². The molecule has 1 aromatic heterocycles. The van der Waals surface area contributed by atoms with Gasteiger partial charge in [-0.15, -0.1) is 23.3 Å². The smallest absolute Gasteiger partial charge is 0.352 e. The number of β-lactam (4-membered cyclic amide) rings is 1. The minimum atomic E-state index is -1.74. The molecule has 0 spiro atoms. The van der Waals surface area contributed by atoms with E-state index in [1.165, 1.54) is 35.3 Å².